The van der Waals surface area contributed by atoms with E-state index < -0.39 is 0 Å². The number of rotatable bonds is 4. The number of ether oxygens (including phenoxy) is 3. The maximum absolute atomic E-state index is 6.10. The van der Waals surface area contributed by atoms with Gasteiger partial charge in [0, 0.05) is 36.3 Å². The fraction of sp³-hybridized carbons (Fsp3) is 0.348. The lowest BCUT2D eigenvalue weighted by Crippen LogP contribution is -2.45. The number of hydrogen-bond acceptors (Lipinski definition) is 5. The number of hydrogen-bond donors (Lipinski definition) is 0. The molecular formula is C23H23ClN2O3. The average molecular weight is 411 g/mol. The highest BCUT2D eigenvalue weighted by atomic mass is 35.5. The summed E-state index contributed by atoms with van der Waals surface area (Å²) in [5.74, 6) is 1.38. The Morgan fingerprint density at radius 2 is 1.72 bits per heavy atom. The van der Waals surface area contributed by atoms with Crippen LogP contribution in [0, 0.1) is 0 Å². The third kappa shape index (κ3) is 3.90. The minimum Gasteiger partial charge on any atom is -0.487 e. The van der Waals surface area contributed by atoms with Gasteiger partial charge in [-0.1, -0.05) is 35.9 Å². The van der Waals surface area contributed by atoms with Gasteiger partial charge in [-0.3, -0.25) is 0 Å². The molecule has 5 rings (SSSR count). The molecule has 2 aliphatic rings. The summed E-state index contributed by atoms with van der Waals surface area (Å²) in [6.07, 6.45) is 1.73. The molecule has 2 saturated heterocycles. The van der Waals surface area contributed by atoms with Crippen molar-refractivity contribution in [3.63, 3.8) is 0 Å². The van der Waals surface area contributed by atoms with Crippen LogP contribution in [0.3, 0.4) is 0 Å². The lowest BCUT2D eigenvalue weighted by atomic mass is 10.0. The first kappa shape index (κ1) is 18.7. The minimum absolute atomic E-state index is 0.375. The Labute approximate surface area is 175 Å². The summed E-state index contributed by atoms with van der Waals surface area (Å²) in [4.78, 5) is 7.24. The first-order chi connectivity index (χ1) is 14.2. The van der Waals surface area contributed by atoms with E-state index in [0.717, 1.165) is 59.0 Å². The Morgan fingerprint density at radius 1 is 0.966 bits per heavy atom. The molecule has 0 atom stereocenters. The van der Waals surface area contributed by atoms with Gasteiger partial charge in [-0.15, -0.1) is 0 Å². The Morgan fingerprint density at radius 3 is 2.48 bits per heavy atom. The van der Waals surface area contributed by atoms with Crippen molar-refractivity contribution in [2.24, 2.45) is 0 Å². The summed E-state index contributed by atoms with van der Waals surface area (Å²) in [5, 5.41) is 1.79. The zero-order valence-electron chi connectivity index (χ0n) is 16.1. The molecule has 29 heavy (non-hydrogen) atoms. The second-order valence-corrected chi connectivity index (χ2v) is 7.94. The highest BCUT2D eigenvalue weighted by molar-refractivity contribution is 6.30. The van der Waals surface area contributed by atoms with Gasteiger partial charge in [0.25, 0.3) is 0 Å². The number of halogens is 1. The van der Waals surface area contributed by atoms with Crippen molar-refractivity contribution in [3.8, 4) is 5.75 Å². The molecule has 1 spiro atoms. The summed E-state index contributed by atoms with van der Waals surface area (Å²) in [5.41, 5.74) is 1.95. The smallest absolute Gasteiger partial charge is 0.171 e. The number of piperidine rings is 1. The van der Waals surface area contributed by atoms with Gasteiger partial charge >= 0.3 is 0 Å². The van der Waals surface area contributed by atoms with Crippen molar-refractivity contribution in [1.82, 2.24) is 4.98 Å². The van der Waals surface area contributed by atoms with Crippen molar-refractivity contribution in [3.05, 3.63) is 65.2 Å². The number of fused-ring (bicyclic) bond motifs is 1. The summed E-state index contributed by atoms with van der Waals surface area (Å²) in [6.45, 7) is 3.60. The van der Waals surface area contributed by atoms with Gasteiger partial charge in [-0.25, -0.2) is 4.98 Å². The van der Waals surface area contributed by atoms with E-state index in [1.165, 1.54) is 0 Å². The van der Waals surface area contributed by atoms with Gasteiger partial charge in [-0.2, -0.15) is 0 Å². The van der Waals surface area contributed by atoms with E-state index in [-0.39, 0.29) is 5.79 Å². The van der Waals surface area contributed by atoms with E-state index in [0.29, 0.717) is 19.8 Å². The largest absolute Gasteiger partial charge is 0.487 e. The molecule has 3 aromatic rings. The molecule has 2 aliphatic heterocycles. The highest BCUT2D eigenvalue weighted by Gasteiger charge is 2.40. The molecule has 3 heterocycles. The predicted octanol–water partition coefficient (Wildman–Crippen LogP) is 4.81. The molecule has 5 nitrogen and oxygen atoms in total. The van der Waals surface area contributed by atoms with Crippen LogP contribution in [-0.2, 0) is 16.1 Å². The molecule has 0 radical (unpaired) electrons. The van der Waals surface area contributed by atoms with Crippen LogP contribution in [0.5, 0.6) is 5.75 Å². The minimum atomic E-state index is -0.375. The van der Waals surface area contributed by atoms with Crippen LogP contribution >= 0.6 is 11.6 Å². The van der Waals surface area contributed by atoms with E-state index in [1.807, 2.05) is 36.4 Å². The molecule has 0 unspecified atom stereocenters. The molecule has 0 N–H and O–H groups in total. The van der Waals surface area contributed by atoms with Gasteiger partial charge in [0.1, 0.15) is 23.7 Å². The van der Waals surface area contributed by atoms with E-state index in [9.17, 15) is 0 Å². The summed E-state index contributed by atoms with van der Waals surface area (Å²) in [7, 11) is 0. The Balaban J connectivity index is 1.35. The molecule has 150 valence electrons. The van der Waals surface area contributed by atoms with Crippen molar-refractivity contribution in [1.29, 1.82) is 0 Å². The third-order valence-corrected chi connectivity index (χ3v) is 5.89. The molecule has 0 amide bonds. The predicted molar refractivity (Wildman–Crippen MR) is 114 cm³/mol. The average Bonchev–Trinajstić information content (AvgIpc) is 3.21. The maximum atomic E-state index is 6.10. The van der Waals surface area contributed by atoms with Gasteiger partial charge < -0.3 is 19.1 Å². The van der Waals surface area contributed by atoms with E-state index in [1.54, 1.807) is 0 Å². The van der Waals surface area contributed by atoms with Gasteiger partial charge in [0.2, 0.25) is 0 Å². The summed E-state index contributed by atoms with van der Waals surface area (Å²) >= 11 is 5.97. The van der Waals surface area contributed by atoms with Crippen LogP contribution in [0.1, 0.15) is 18.4 Å². The first-order valence-corrected chi connectivity index (χ1v) is 10.4. The maximum Gasteiger partial charge on any atom is 0.171 e. The number of benzene rings is 2. The topological polar surface area (TPSA) is 43.8 Å². The van der Waals surface area contributed by atoms with Crippen molar-refractivity contribution in [2.45, 2.75) is 25.2 Å². The van der Waals surface area contributed by atoms with Crippen molar-refractivity contribution >= 4 is 28.3 Å². The van der Waals surface area contributed by atoms with Crippen molar-refractivity contribution in [2.75, 3.05) is 31.2 Å². The van der Waals surface area contributed by atoms with Gasteiger partial charge in [0.15, 0.2) is 5.79 Å². The quantitative estimate of drug-likeness (QED) is 0.617. The Kier molecular flexibility index (Phi) is 5.04. The molecule has 0 aliphatic carbocycles. The number of aromatic nitrogens is 1. The van der Waals surface area contributed by atoms with Crippen molar-refractivity contribution < 1.29 is 14.2 Å². The lowest BCUT2D eigenvalue weighted by Gasteiger charge is -2.38. The van der Waals surface area contributed by atoms with E-state index in [4.69, 9.17) is 30.8 Å². The van der Waals surface area contributed by atoms with Crippen LogP contribution in [0.2, 0.25) is 5.02 Å². The normalized spacial score (nSPS) is 18.4. The van der Waals surface area contributed by atoms with E-state index in [2.05, 4.69) is 23.1 Å². The number of para-hydroxylation sites is 1. The Hall–Kier alpha value is -2.34. The van der Waals surface area contributed by atoms with Crippen LogP contribution in [-0.4, -0.2) is 37.1 Å². The molecular weight excluding hydrogens is 388 g/mol. The third-order valence-electron chi connectivity index (χ3n) is 5.64. The second-order valence-electron chi connectivity index (χ2n) is 7.51. The number of nitrogens with zero attached hydrogens (tertiary/aromatic N) is 2. The van der Waals surface area contributed by atoms with Gasteiger partial charge in [0.05, 0.1) is 13.2 Å². The molecule has 0 bridgehead atoms. The molecule has 2 aromatic carbocycles. The van der Waals surface area contributed by atoms with Gasteiger partial charge in [-0.05, 0) is 35.9 Å². The molecule has 0 saturated carbocycles. The fourth-order valence-electron chi connectivity index (χ4n) is 4.01. The molecule has 1 aromatic heterocycles. The van der Waals surface area contributed by atoms with Crippen LogP contribution in [0.25, 0.3) is 10.9 Å². The molecule has 6 heteroatoms. The highest BCUT2D eigenvalue weighted by Crippen LogP contribution is 2.34. The van der Waals surface area contributed by atoms with E-state index >= 15 is 0 Å². The lowest BCUT2D eigenvalue weighted by molar-refractivity contribution is -0.169. The SMILES string of the molecule is Clc1ccc(COc2cccc3ccc(N4CCC5(CC4)OCCO5)nc23)cc1. The zero-order chi connectivity index (χ0) is 19.7. The first-order valence-electron chi connectivity index (χ1n) is 10.0. The summed E-state index contributed by atoms with van der Waals surface area (Å²) in [6, 6.07) is 17.9. The number of anilines is 1. The van der Waals surface area contributed by atoms with Crippen LogP contribution in [0.15, 0.2) is 54.6 Å². The van der Waals surface area contributed by atoms with Crippen LogP contribution in [0.4, 0.5) is 5.82 Å². The second kappa shape index (κ2) is 7.82. The summed E-state index contributed by atoms with van der Waals surface area (Å²) < 4.78 is 17.8. The zero-order valence-corrected chi connectivity index (χ0v) is 16.9. The van der Waals surface area contributed by atoms with Crippen LogP contribution < -0.4 is 9.64 Å². The standard InChI is InChI=1S/C23H23ClN2O3/c24-19-7-4-17(5-8-19)16-27-20-3-1-2-18-6-9-21(25-22(18)20)26-12-10-23(11-13-26)28-14-15-29-23/h1-9H,10-16H2. The number of pyridine rings is 1. The monoisotopic (exact) mass is 410 g/mol. The molecule has 2 fully saturated rings. The fourth-order valence-corrected chi connectivity index (χ4v) is 4.13. The Bertz CT molecular complexity index is 993.